The van der Waals surface area contributed by atoms with Crippen molar-refractivity contribution in [1.82, 2.24) is 5.32 Å². The van der Waals surface area contributed by atoms with E-state index in [0.717, 1.165) is 43.9 Å². The van der Waals surface area contributed by atoms with Gasteiger partial charge in [0.25, 0.3) is 0 Å². The Labute approximate surface area is 198 Å². The lowest BCUT2D eigenvalue weighted by Crippen LogP contribution is -2.47. The molecule has 1 spiro atoms. The zero-order valence-corrected chi connectivity index (χ0v) is 20.7. The number of fused-ring (bicyclic) bond motifs is 3. The van der Waals surface area contributed by atoms with Crippen molar-refractivity contribution >= 4 is 11.7 Å². The smallest absolute Gasteiger partial charge is 0.337 e. The Hall–Kier alpha value is -2.53. The summed E-state index contributed by atoms with van der Waals surface area (Å²) in [6.45, 7) is 10.2. The summed E-state index contributed by atoms with van der Waals surface area (Å²) < 4.78 is 11.5. The highest BCUT2D eigenvalue weighted by Gasteiger charge is 2.42. The minimum atomic E-state index is -0.313. The minimum Gasteiger partial charge on any atom is -0.490 e. The minimum absolute atomic E-state index is 0.0578. The topological polar surface area (TPSA) is 50.8 Å². The summed E-state index contributed by atoms with van der Waals surface area (Å²) in [4.78, 5) is 14.8. The summed E-state index contributed by atoms with van der Waals surface area (Å²) in [5.74, 6) is 1.55. The molecule has 1 aliphatic heterocycles. The molecule has 2 aromatic rings. The third kappa shape index (κ3) is 4.74. The quantitative estimate of drug-likeness (QED) is 0.644. The van der Waals surface area contributed by atoms with Crippen LogP contribution in [0.5, 0.6) is 5.75 Å². The Bertz CT molecular complexity index is 1000. The van der Waals surface area contributed by atoms with Crippen molar-refractivity contribution in [1.29, 1.82) is 0 Å². The third-order valence-electron chi connectivity index (χ3n) is 7.66. The number of carbonyl (C=O) groups is 1. The van der Waals surface area contributed by atoms with Crippen LogP contribution in [0, 0.1) is 18.8 Å². The number of aryl methyl sites for hydroxylation is 2. The molecule has 2 aromatic carbocycles. The van der Waals surface area contributed by atoms with Gasteiger partial charge in [-0.05, 0) is 80.9 Å². The monoisotopic (exact) mass is 450 g/mol. The molecule has 33 heavy (non-hydrogen) atoms. The molecule has 0 fully saturated rings. The van der Waals surface area contributed by atoms with E-state index in [4.69, 9.17) is 9.47 Å². The van der Waals surface area contributed by atoms with Crippen molar-refractivity contribution in [2.45, 2.75) is 45.4 Å². The summed E-state index contributed by atoms with van der Waals surface area (Å²) in [5, 5.41) is 3.32. The van der Waals surface area contributed by atoms with Gasteiger partial charge in [-0.15, -0.1) is 0 Å². The van der Waals surface area contributed by atoms with E-state index in [0.29, 0.717) is 24.0 Å². The van der Waals surface area contributed by atoms with Crippen molar-refractivity contribution in [3.8, 4) is 5.75 Å². The summed E-state index contributed by atoms with van der Waals surface area (Å²) in [5.41, 5.74) is 5.72. The number of methoxy groups -OCH3 is 1. The van der Waals surface area contributed by atoms with Gasteiger partial charge >= 0.3 is 5.97 Å². The van der Waals surface area contributed by atoms with Crippen LogP contribution in [0.2, 0.25) is 0 Å². The van der Waals surface area contributed by atoms with Gasteiger partial charge in [-0.1, -0.05) is 37.6 Å². The molecular formula is C28H38N2O3. The normalized spacial score (nSPS) is 21.4. The fourth-order valence-electron chi connectivity index (χ4n) is 5.57. The maximum Gasteiger partial charge on any atom is 0.337 e. The standard InChI is InChI=1S/C28H38N2O3/c1-19-8-10-24-22(13-19)7-6-12-28(24)17-30(16-21(3)20(2)15-29-4)25-14-23(27(31)32-5)9-11-26(25)33-18-28/h8-11,13-14,20-21,29H,6-7,12,15-18H2,1-5H3. The number of hydrogen-bond acceptors (Lipinski definition) is 5. The predicted octanol–water partition coefficient (Wildman–Crippen LogP) is 4.75. The number of benzene rings is 2. The van der Waals surface area contributed by atoms with Crippen LogP contribution in [0.3, 0.4) is 0 Å². The van der Waals surface area contributed by atoms with E-state index in [1.807, 2.05) is 25.2 Å². The molecular weight excluding hydrogens is 412 g/mol. The first-order valence-electron chi connectivity index (χ1n) is 12.2. The fraction of sp³-hybridized carbons (Fsp3) is 0.536. The van der Waals surface area contributed by atoms with Gasteiger partial charge in [0.2, 0.25) is 0 Å². The lowest BCUT2D eigenvalue weighted by Gasteiger charge is -2.42. The van der Waals surface area contributed by atoms with Crippen molar-refractivity contribution < 1.29 is 14.3 Å². The number of anilines is 1. The molecule has 3 atom stereocenters. The largest absolute Gasteiger partial charge is 0.490 e. The zero-order valence-electron chi connectivity index (χ0n) is 20.7. The molecule has 0 aromatic heterocycles. The van der Waals surface area contributed by atoms with E-state index in [1.165, 1.54) is 30.2 Å². The van der Waals surface area contributed by atoms with Crippen LogP contribution in [0.15, 0.2) is 36.4 Å². The molecule has 0 amide bonds. The van der Waals surface area contributed by atoms with Gasteiger partial charge in [-0.3, -0.25) is 0 Å². The Kier molecular flexibility index (Phi) is 6.99. The molecule has 1 aliphatic carbocycles. The number of hydrogen-bond donors (Lipinski definition) is 1. The van der Waals surface area contributed by atoms with Crippen LogP contribution >= 0.6 is 0 Å². The number of carbonyl (C=O) groups excluding carboxylic acids is 1. The number of nitrogens with zero attached hydrogens (tertiary/aromatic N) is 1. The van der Waals surface area contributed by atoms with E-state index in [9.17, 15) is 4.79 Å². The Morgan fingerprint density at radius 1 is 1.21 bits per heavy atom. The molecule has 0 radical (unpaired) electrons. The van der Waals surface area contributed by atoms with Crippen LogP contribution in [0.4, 0.5) is 5.69 Å². The molecule has 1 heterocycles. The van der Waals surface area contributed by atoms with Crippen LogP contribution in [0.1, 0.15) is 53.7 Å². The molecule has 0 saturated heterocycles. The van der Waals surface area contributed by atoms with Gasteiger partial charge in [0.05, 0.1) is 25.0 Å². The Balaban J connectivity index is 1.76. The first kappa shape index (κ1) is 23.6. The zero-order chi connectivity index (χ0) is 23.6. The molecule has 178 valence electrons. The SMILES string of the molecule is CNCC(C)C(C)CN1CC2(CCCc3cc(C)ccc32)COc2ccc(C(=O)OC)cc21. The van der Waals surface area contributed by atoms with Crippen LogP contribution in [-0.2, 0) is 16.6 Å². The fourth-order valence-corrected chi connectivity index (χ4v) is 5.57. The number of ether oxygens (including phenoxy) is 2. The Morgan fingerprint density at radius 3 is 2.79 bits per heavy atom. The summed E-state index contributed by atoms with van der Waals surface area (Å²) >= 11 is 0. The van der Waals surface area contributed by atoms with Gasteiger partial charge in [0.15, 0.2) is 0 Å². The maximum atomic E-state index is 12.3. The molecule has 5 heteroatoms. The van der Waals surface area contributed by atoms with E-state index in [-0.39, 0.29) is 11.4 Å². The highest BCUT2D eigenvalue weighted by atomic mass is 16.5. The Morgan fingerprint density at radius 2 is 2.03 bits per heavy atom. The van der Waals surface area contributed by atoms with E-state index in [2.05, 4.69) is 49.2 Å². The lowest BCUT2D eigenvalue weighted by molar-refractivity contribution is 0.0600. The average Bonchev–Trinajstić information content (AvgIpc) is 2.96. The summed E-state index contributed by atoms with van der Waals surface area (Å²) in [7, 11) is 3.44. The van der Waals surface area contributed by atoms with Crippen molar-refractivity contribution in [3.63, 3.8) is 0 Å². The number of nitrogens with one attached hydrogen (secondary N) is 1. The average molecular weight is 451 g/mol. The highest BCUT2D eigenvalue weighted by molar-refractivity contribution is 5.91. The molecule has 3 unspecified atom stereocenters. The third-order valence-corrected chi connectivity index (χ3v) is 7.66. The first-order valence-corrected chi connectivity index (χ1v) is 12.2. The number of esters is 1. The second-order valence-electron chi connectivity index (χ2n) is 10.2. The van der Waals surface area contributed by atoms with Crippen molar-refractivity contribution in [2.24, 2.45) is 11.8 Å². The predicted molar refractivity (Wildman–Crippen MR) is 134 cm³/mol. The highest BCUT2D eigenvalue weighted by Crippen LogP contribution is 2.44. The first-order chi connectivity index (χ1) is 15.9. The second-order valence-corrected chi connectivity index (χ2v) is 10.2. The van der Waals surface area contributed by atoms with Gasteiger partial charge in [-0.25, -0.2) is 4.79 Å². The van der Waals surface area contributed by atoms with E-state index in [1.54, 1.807) is 0 Å². The second kappa shape index (κ2) is 9.76. The lowest BCUT2D eigenvalue weighted by atomic mass is 9.69. The summed E-state index contributed by atoms with van der Waals surface area (Å²) in [6.07, 6.45) is 3.41. The van der Waals surface area contributed by atoms with Crippen molar-refractivity contribution in [2.75, 3.05) is 45.3 Å². The molecule has 0 saturated carbocycles. The molecule has 5 nitrogen and oxygen atoms in total. The van der Waals surface area contributed by atoms with Crippen LogP contribution in [-0.4, -0.2) is 46.4 Å². The molecule has 2 aliphatic rings. The summed E-state index contributed by atoms with van der Waals surface area (Å²) in [6, 6.07) is 12.6. The number of rotatable bonds is 6. The maximum absolute atomic E-state index is 12.3. The van der Waals surface area contributed by atoms with Gasteiger partial charge < -0.3 is 19.7 Å². The molecule has 4 rings (SSSR count). The van der Waals surface area contributed by atoms with Crippen LogP contribution < -0.4 is 15.0 Å². The van der Waals surface area contributed by atoms with E-state index < -0.39 is 0 Å². The van der Waals surface area contributed by atoms with Crippen LogP contribution in [0.25, 0.3) is 0 Å². The van der Waals surface area contributed by atoms with E-state index >= 15 is 0 Å². The van der Waals surface area contributed by atoms with Gasteiger partial charge in [0, 0.05) is 18.5 Å². The molecule has 0 bridgehead atoms. The molecule has 1 N–H and O–H groups in total. The van der Waals surface area contributed by atoms with Crippen molar-refractivity contribution in [3.05, 3.63) is 58.7 Å². The van der Waals surface area contributed by atoms with Gasteiger partial charge in [-0.2, -0.15) is 0 Å². The van der Waals surface area contributed by atoms with Gasteiger partial charge in [0.1, 0.15) is 5.75 Å².